The molecule has 0 spiro atoms. The van der Waals surface area contributed by atoms with Crippen LogP contribution >= 0.6 is 15.9 Å². The van der Waals surface area contributed by atoms with E-state index in [4.69, 9.17) is 0 Å². The molecule has 0 aromatic heterocycles. The molecule has 7 nitrogen and oxygen atoms in total. The minimum atomic E-state index is -3.72. The van der Waals surface area contributed by atoms with Crippen LogP contribution in [0.15, 0.2) is 53.0 Å². The topological polar surface area (TPSA) is 86.8 Å². The minimum Gasteiger partial charge on any atom is -0.354 e. The number of nitrogens with zero attached hydrogens (tertiary/aromatic N) is 2. The van der Waals surface area contributed by atoms with E-state index >= 15 is 0 Å². The van der Waals surface area contributed by atoms with Crippen LogP contribution in [0, 0.1) is 6.92 Å². The van der Waals surface area contributed by atoms with Crippen LogP contribution in [0.2, 0.25) is 0 Å². The van der Waals surface area contributed by atoms with Gasteiger partial charge in [-0.3, -0.25) is 13.9 Å². The van der Waals surface area contributed by atoms with Crippen molar-refractivity contribution in [3.63, 3.8) is 0 Å². The predicted molar refractivity (Wildman–Crippen MR) is 131 cm³/mol. The van der Waals surface area contributed by atoms with Gasteiger partial charge in [-0.05, 0) is 50.1 Å². The lowest BCUT2D eigenvalue weighted by atomic mass is 10.1. The van der Waals surface area contributed by atoms with Crippen LogP contribution in [-0.2, 0) is 26.2 Å². The second-order valence-electron chi connectivity index (χ2n) is 7.72. The van der Waals surface area contributed by atoms with Crippen molar-refractivity contribution in [2.24, 2.45) is 0 Å². The molecule has 2 rings (SSSR count). The van der Waals surface area contributed by atoms with Gasteiger partial charge in [0.05, 0.1) is 11.9 Å². The highest BCUT2D eigenvalue weighted by Gasteiger charge is 2.29. The third kappa shape index (κ3) is 7.34. The predicted octanol–water partition coefficient (Wildman–Crippen LogP) is 3.47. The van der Waals surface area contributed by atoms with Gasteiger partial charge in [-0.15, -0.1) is 0 Å². The molecule has 1 N–H and O–H groups in total. The number of aryl methyl sites for hydroxylation is 1. The van der Waals surface area contributed by atoms with Crippen LogP contribution in [0.1, 0.15) is 31.4 Å². The summed E-state index contributed by atoms with van der Waals surface area (Å²) < 4.78 is 26.9. The van der Waals surface area contributed by atoms with E-state index in [-0.39, 0.29) is 12.5 Å². The molecular weight excluding hydrogens is 494 g/mol. The molecule has 0 aliphatic rings. The van der Waals surface area contributed by atoms with Crippen molar-refractivity contribution < 1.29 is 18.0 Å². The SMILES string of the molecule is CCCNC(=O)[C@@H](C)N(Cc1cccc(Br)c1)C(=O)CN(c1ccc(C)cc1)S(C)(=O)=O. The number of carbonyl (C=O) groups is 2. The second-order valence-corrected chi connectivity index (χ2v) is 10.5. The van der Waals surface area contributed by atoms with Gasteiger partial charge in [0, 0.05) is 17.6 Å². The minimum absolute atomic E-state index is 0.171. The third-order valence-electron chi connectivity index (χ3n) is 4.96. The molecule has 0 unspecified atom stereocenters. The molecule has 9 heteroatoms. The Morgan fingerprint density at radius 2 is 1.78 bits per heavy atom. The summed E-state index contributed by atoms with van der Waals surface area (Å²) >= 11 is 3.42. The van der Waals surface area contributed by atoms with Crippen molar-refractivity contribution in [1.82, 2.24) is 10.2 Å². The number of nitrogens with one attached hydrogen (secondary N) is 1. The lowest BCUT2D eigenvalue weighted by Crippen LogP contribution is -2.51. The zero-order valence-electron chi connectivity index (χ0n) is 18.8. The van der Waals surface area contributed by atoms with Crippen molar-refractivity contribution >= 4 is 43.5 Å². The molecule has 32 heavy (non-hydrogen) atoms. The van der Waals surface area contributed by atoms with Gasteiger partial charge in [0.15, 0.2) is 0 Å². The lowest BCUT2D eigenvalue weighted by molar-refractivity contribution is -0.139. The van der Waals surface area contributed by atoms with E-state index in [2.05, 4.69) is 21.2 Å². The number of carbonyl (C=O) groups excluding carboxylic acids is 2. The number of sulfonamides is 1. The third-order valence-corrected chi connectivity index (χ3v) is 6.59. The summed E-state index contributed by atoms with van der Waals surface area (Å²) in [4.78, 5) is 27.4. The molecular formula is C23H30BrN3O4S. The van der Waals surface area contributed by atoms with Crippen LogP contribution in [0.3, 0.4) is 0 Å². The number of hydrogen-bond acceptors (Lipinski definition) is 4. The fourth-order valence-corrected chi connectivity index (χ4v) is 4.43. The molecule has 0 saturated carbocycles. The zero-order valence-corrected chi connectivity index (χ0v) is 21.2. The average molecular weight is 524 g/mol. The van der Waals surface area contributed by atoms with E-state index in [0.29, 0.717) is 12.2 Å². The maximum atomic E-state index is 13.4. The fourth-order valence-electron chi connectivity index (χ4n) is 3.14. The summed E-state index contributed by atoms with van der Waals surface area (Å²) in [6.07, 6.45) is 1.84. The van der Waals surface area contributed by atoms with E-state index in [9.17, 15) is 18.0 Å². The van der Waals surface area contributed by atoms with Crippen molar-refractivity contribution in [3.8, 4) is 0 Å². The molecule has 0 saturated heterocycles. The average Bonchev–Trinajstić information content (AvgIpc) is 2.73. The van der Waals surface area contributed by atoms with Gasteiger partial charge < -0.3 is 10.2 Å². The van der Waals surface area contributed by atoms with Crippen LogP contribution in [0.4, 0.5) is 5.69 Å². The first-order chi connectivity index (χ1) is 15.0. The molecule has 0 aliphatic heterocycles. The largest absolute Gasteiger partial charge is 0.354 e. The number of hydrogen-bond donors (Lipinski definition) is 1. The second kappa shape index (κ2) is 11.5. The Kier molecular flexibility index (Phi) is 9.27. The van der Waals surface area contributed by atoms with E-state index in [1.165, 1.54) is 4.90 Å². The Bertz CT molecular complexity index is 1040. The van der Waals surface area contributed by atoms with Gasteiger partial charge in [0.2, 0.25) is 21.8 Å². The molecule has 0 fully saturated rings. The standard InChI is InChI=1S/C23H30BrN3O4S/c1-5-13-25-23(29)18(3)26(15-19-7-6-8-20(24)14-19)22(28)16-27(32(4,30)31)21-11-9-17(2)10-12-21/h6-12,14,18H,5,13,15-16H2,1-4H3,(H,25,29)/t18-/m1/s1. The van der Waals surface area contributed by atoms with Gasteiger partial charge in [-0.1, -0.05) is 52.7 Å². The molecule has 2 aromatic rings. The van der Waals surface area contributed by atoms with Crippen LogP contribution in [0.25, 0.3) is 0 Å². The van der Waals surface area contributed by atoms with Crippen molar-refractivity contribution in [1.29, 1.82) is 0 Å². The van der Waals surface area contributed by atoms with Gasteiger partial charge in [-0.25, -0.2) is 8.42 Å². The van der Waals surface area contributed by atoms with Gasteiger partial charge >= 0.3 is 0 Å². The number of halogens is 1. The smallest absolute Gasteiger partial charge is 0.244 e. The first kappa shape index (κ1) is 25.9. The summed E-state index contributed by atoms with van der Waals surface area (Å²) in [6.45, 7) is 5.77. The molecule has 0 bridgehead atoms. The number of rotatable bonds is 10. The zero-order chi connectivity index (χ0) is 23.9. The fraction of sp³-hybridized carbons (Fsp3) is 0.391. The highest BCUT2D eigenvalue weighted by atomic mass is 79.9. The Labute approximate surface area is 199 Å². The summed E-state index contributed by atoms with van der Waals surface area (Å²) in [6, 6.07) is 13.6. The summed E-state index contributed by atoms with van der Waals surface area (Å²) in [7, 11) is -3.72. The van der Waals surface area contributed by atoms with Crippen molar-refractivity contribution in [2.45, 2.75) is 39.8 Å². The highest BCUT2D eigenvalue weighted by Crippen LogP contribution is 2.20. The number of anilines is 1. The quantitative estimate of drug-likeness (QED) is 0.516. The monoisotopic (exact) mass is 523 g/mol. The van der Waals surface area contributed by atoms with E-state index in [0.717, 1.165) is 32.6 Å². The summed E-state index contributed by atoms with van der Waals surface area (Å²) in [5, 5.41) is 2.81. The Morgan fingerprint density at radius 1 is 1.12 bits per heavy atom. The van der Waals surface area contributed by atoms with Crippen LogP contribution in [0.5, 0.6) is 0 Å². The molecule has 1 atom stereocenters. The summed E-state index contributed by atoms with van der Waals surface area (Å²) in [5.41, 5.74) is 2.20. The Hall–Kier alpha value is -2.39. The van der Waals surface area contributed by atoms with Crippen LogP contribution in [-0.4, -0.2) is 50.5 Å². The Morgan fingerprint density at radius 3 is 2.34 bits per heavy atom. The summed E-state index contributed by atoms with van der Waals surface area (Å²) in [5.74, 6) is -0.744. The van der Waals surface area contributed by atoms with Crippen molar-refractivity contribution in [3.05, 3.63) is 64.1 Å². The van der Waals surface area contributed by atoms with E-state index in [1.807, 2.05) is 38.1 Å². The molecule has 2 aromatic carbocycles. The first-order valence-electron chi connectivity index (χ1n) is 10.4. The number of amides is 2. The van der Waals surface area contributed by atoms with Crippen molar-refractivity contribution in [2.75, 3.05) is 23.7 Å². The first-order valence-corrected chi connectivity index (χ1v) is 13.0. The molecule has 0 aliphatic carbocycles. The molecule has 0 heterocycles. The van der Waals surface area contributed by atoms with E-state index < -0.39 is 28.5 Å². The van der Waals surface area contributed by atoms with Gasteiger partial charge in [0.25, 0.3) is 0 Å². The van der Waals surface area contributed by atoms with E-state index in [1.54, 1.807) is 31.2 Å². The highest BCUT2D eigenvalue weighted by molar-refractivity contribution is 9.10. The molecule has 2 amide bonds. The van der Waals surface area contributed by atoms with Crippen LogP contribution < -0.4 is 9.62 Å². The lowest BCUT2D eigenvalue weighted by Gasteiger charge is -2.31. The molecule has 0 radical (unpaired) electrons. The molecule has 174 valence electrons. The maximum Gasteiger partial charge on any atom is 0.244 e. The van der Waals surface area contributed by atoms with Gasteiger partial charge in [-0.2, -0.15) is 0 Å². The Balaban J connectivity index is 2.35. The van der Waals surface area contributed by atoms with Gasteiger partial charge in [0.1, 0.15) is 12.6 Å². The normalized spacial score (nSPS) is 12.2. The maximum absolute atomic E-state index is 13.4. The number of benzene rings is 2.